The van der Waals surface area contributed by atoms with E-state index >= 15 is 0 Å². The summed E-state index contributed by atoms with van der Waals surface area (Å²) in [5, 5.41) is 5.20. The summed E-state index contributed by atoms with van der Waals surface area (Å²) >= 11 is 6.09. The summed E-state index contributed by atoms with van der Waals surface area (Å²) in [6, 6.07) is 9.54. The van der Waals surface area contributed by atoms with Crippen molar-refractivity contribution in [2.45, 2.75) is 33.2 Å². The van der Waals surface area contributed by atoms with Crippen LogP contribution in [0.3, 0.4) is 0 Å². The maximum absolute atomic E-state index is 12.7. The number of carbonyl (C=O) groups is 1. The van der Waals surface area contributed by atoms with Gasteiger partial charge < -0.3 is 4.90 Å². The Hall–Kier alpha value is -1.81. The molecule has 1 aromatic heterocycles. The molecule has 5 heteroatoms. The molecule has 0 radical (unpaired) electrons. The van der Waals surface area contributed by atoms with Crippen LogP contribution >= 0.6 is 11.6 Å². The van der Waals surface area contributed by atoms with Gasteiger partial charge in [-0.2, -0.15) is 5.10 Å². The zero-order chi connectivity index (χ0) is 16.4. The smallest absolute Gasteiger partial charge is 0.274 e. The number of benzene rings is 1. The van der Waals surface area contributed by atoms with Gasteiger partial charge in [0.25, 0.3) is 5.91 Å². The fourth-order valence-electron chi connectivity index (χ4n) is 3.02. The van der Waals surface area contributed by atoms with Crippen molar-refractivity contribution < 1.29 is 4.79 Å². The van der Waals surface area contributed by atoms with Gasteiger partial charge in [0, 0.05) is 30.2 Å². The van der Waals surface area contributed by atoms with Gasteiger partial charge in [0.05, 0.1) is 5.69 Å². The predicted octanol–water partition coefficient (Wildman–Crippen LogP) is 4.10. The lowest BCUT2D eigenvalue weighted by Crippen LogP contribution is -2.38. The van der Waals surface area contributed by atoms with Crippen molar-refractivity contribution in [1.82, 2.24) is 14.7 Å². The molecule has 1 aromatic carbocycles. The zero-order valence-corrected chi connectivity index (χ0v) is 14.4. The van der Waals surface area contributed by atoms with Crippen molar-refractivity contribution in [1.29, 1.82) is 0 Å². The third kappa shape index (κ3) is 3.42. The number of amides is 1. The summed E-state index contributed by atoms with van der Waals surface area (Å²) in [6.07, 6.45) is 2.14. The third-order valence-electron chi connectivity index (χ3n) is 4.49. The Kier molecular flexibility index (Phi) is 4.71. The van der Waals surface area contributed by atoms with E-state index in [0.717, 1.165) is 37.2 Å². The first-order valence-corrected chi connectivity index (χ1v) is 8.59. The van der Waals surface area contributed by atoms with Gasteiger partial charge >= 0.3 is 0 Å². The van der Waals surface area contributed by atoms with Gasteiger partial charge in [-0.05, 0) is 43.9 Å². The van der Waals surface area contributed by atoms with Crippen LogP contribution in [0, 0.1) is 5.92 Å². The molecule has 2 aromatic rings. The summed E-state index contributed by atoms with van der Waals surface area (Å²) < 4.78 is 1.87. The highest BCUT2D eigenvalue weighted by molar-refractivity contribution is 6.30. The largest absolute Gasteiger partial charge is 0.337 e. The molecule has 0 atom stereocenters. The summed E-state index contributed by atoms with van der Waals surface area (Å²) in [6.45, 7) is 6.63. The van der Waals surface area contributed by atoms with Gasteiger partial charge in [-0.15, -0.1) is 0 Å². The van der Waals surface area contributed by atoms with Crippen LogP contribution in [0.15, 0.2) is 30.3 Å². The Labute approximate surface area is 142 Å². The Morgan fingerprint density at radius 3 is 2.70 bits per heavy atom. The first-order chi connectivity index (χ1) is 11.1. The minimum Gasteiger partial charge on any atom is -0.337 e. The van der Waals surface area contributed by atoms with E-state index < -0.39 is 0 Å². The molecule has 1 fully saturated rings. The van der Waals surface area contributed by atoms with Gasteiger partial charge in [-0.1, -0.05) is 30.7 Å². The Balaban J connectivity index is 1.88. The molecule has 0 N–H and O–H groups in total. The van der Waals surface area contributed by atoms with Crippen molar-refractivity contribution in [3.8, 4) is 11.3 Å². The average molecular weight is 332 g/mol. The summed E-state index contributed by atoms with van der Waals surface area (Å²) in [5.41, 5.74) is 2.44. The second kappa shape index (κ2) is 6.75. The fourth-order valence-corrected chi connectivity index (χ4v) is 3.21. The van der Waals surface area contributed by atoms with Crippen molar-refractivity contribution in [3.63, 3.8) is 0 Å². The number of nitrogens with zero attached hydrogens (tertiary/aromatic N) is 3. The van der Waals surface area contributed by atoms with Crippen LogP contribution in [0.4, 0.5) is 0 Å². The first kappa shape index (κ1) is 16.1. The number of aryl methyl sites for hydroxylation is 1. The number of halogens is 1. The van der Waals surface area contributed by atoms with E-state index in [9.17, 15) is 4.79 Å². The molecule has 0 bridgehead atoms. The topological polar surface area (TPSA) is 38.1 Å². The number of rotatable bonds is 3. The van der Waals surface area contributed by atoms with E-state index in [2.05, 4.69) is 12.0 Å². The van der Waals surface area contributed by atoms with Crippen LogP contribution in [0.5, 0.6) is 0 Å². The Morgan fingerprint density at radius 1 is 1.30 bits per heavy atom. The van der Waals surface area contributed by atoms with Crippen molar-refractivity contribution in [2.24, 2.45) is 5.92 Å². The quantitative estimate of drug-likeness (QED) is 0.849. The van der Waals surface area contributed by atoms with Crippen molar-refractivity contribution >= 4 is 17.5 Å². The number of hydrogen-bond acceptors (Lipinski definition) is 2. The zero-order valence-electron chi connectivity index (χ0n) is 13.6. The minimum absolute atomic E-state index is 0.0346. The molecule has 0 unspecified atom stereocenters. The second-order valence-electron chi connectivity index (χ2n) is 6.22. The molecule has 1 aliphatic heterocycles. The molecule has 0 aliphatic carbocycles. The predicted molar refractivity (Wildman–Crippen MR) is 92.6 cm³/mol. The van der Waals surface area contributed by atoms with Gasteiger partial charge in [0.15, 0.2) is 5.69 Å². The molecule has 23 heavy (non-hydrogen) atoms. The van der Waals surface area contributed by atoms with Gasteiger partial charge in [-0.3, -0.25) is 9.48 Å². The van der Waals surface area contributed by atoms with Crippen molar-refractivity contribution in [2.75, 3.05) is 13.1 Å². The van der Waals surface area contributed by atoms with Crippen molar-refractivity contribution in [3.05, 3.63) is 41.0 Å². The molecule has 1 amide bonds. The lowest BCUT2D eigenvalue weighted by molar-refractivity contribution is 0.0690. The highest BCUT2D eigenvalue weighted by Gasteiger charge is 2.24. The summed E-state index contributed by atoms with van der Waals surface area (Å²) in [7, 11) is 0. The van der Waals surface area contributed by atoms with E-state index in [0.29, 0.717) is 23.2 Å². The van der Waals surface area contributed by atoms with Crippen LogP contribution < -0.4 is 0 Å². The molecule has 0 spiro atoms. The molecule has 4 nitrogen and oxygen atoms in total. The maximum atomic E-state index is 12.7. The monoisotopic (exact) mass is 331 g/mol. The second-order valence-corrected chi connectivity index (χ2v) is 6.65. The molecular weight excluding hydrogens is 310 g/mol. The molecule has 2 heterocycles. The van der Waals surface area contributed by atoms with E-state index in [-0.39, 0.29) is 5.91 Å². The number of likely N-dealkylation sites (tertiary alicyclic amines) is 1. The Bertz CT molecular complexity index is 702. The van der Waals surface area contributed by atoms with Crippen LogP contribution in [-0.2, 0) is 6.54 Å². The molecule has 1 saturated heterocycles. The lowest BCUT2D eigenvalue weighted by Gasteiger charge is -2.29. The van der Waals surface area contributed by atoms with Crippen LogP contribution in [-0.4, -0.2) is 33.7 Å². The minimum atomic E-state index is 0.0346. The fraction of sp³-hybridized carbons (Fsp3) is 0.444. The van der Waals surface area contributed by atoms with Gasteiger partial charge in [0.2, 0.25) is 0 Å². The third-order valence-corrected chi connectivity index (χ3v) is 4.72. The molecular formula is C18H22ClN3O. The lowest BCUT2D eigenvalue weighted by atomic mass is 9.99. The molecule has 1 aliphatic rings. The van der Waals surface area contributed by atoms with Gasteiger partial charge in [0.1, 0.15) is 0 Å². The number of hydrogen-bond donors (Lipinski definition) is 0. The number of aromatic nitrogens is 2. The standard InChI is InChI=1S/C18H22ClN3O/c1-3-22-17(14-5-4-6-15(19)11-14)12-16(20-22)18(23)21-9-7-13(2)8-10-21/h4-6,11-13H,3,7-10H2,1-2H3. The first-order valence-electron chi connectivity index (χ1n) is 8.21. The van der Waals surface area contributed by atoms with E-state index in [1.165, 1.54) is 0 Å². The highest BCUT2D eigenvalue weighted by Crippen LogP contribution is 2.25. The summed E-state index contributed by atoms with van der Waals surface area (Å²) in [5.74, 6) is 0.738. The highest BCUT2D eigenvalue weighted by atomic mass is 35.5. The number of piperidine rings is 1. The molecule has 3 rings (SSSR count). The Morgan fingerprint density at radius 2 is 2.04 bits per heavy atom. The number of carbonyl (C=O) groups excluding carboxylic acids is 1. The van der Waals surface area contributed by atoms with Gasteiger partial charge in [-0.25, -0.2) is 0 Å². The summed E-state index contributed by atoms with van der Waals surface area (Å²) in [4.78, 5) is 14.6. The SMILES string of the molecule is CCn1nc(C(=O)N2CCC(C)CC2)cc1-c1cccc(Cl)c1. The molecule has 122 valence electrons. The molecule has 0 saturated carbocycles. The van der Waals surface area contributed by atoms with Crippen LogP contribution in [0.2, 0.25) is 5.02 Å². The van der Waals surface area contributed by atoms with E-state index in [1.54, 1.807) is 0 Å². The van der Waals surface area contributed by atoms with E-state index in [1.807, 2.05) is 46.8 Å². The maximum Gasteiger partial charge on any atom is 0.274 e. The van der Waals surface area contributed by atoms with Crippen LogP contribution in [0.1, 0.15) is 37.2 Å². The average Bonchev–Trinajstić information content (AvgIpc) is 2.99. The van der Waals surface area contributed by atoms with E-state index in [4.69, 9.17) is 11.6 Å². The van der Waals surface area contributed by atoms with Crippen LogP contribution in [0.25, 0.3) is 11.3 Å². The normalized spacial score (nSPS) is 15.9.